The summed E-state index contributed by atoms with van der Waals surface area (Å²) in [6.45, 7) is 3.01. The Kier molecular flexibility index (Phi) is 4.45. The Morgan fingerprint density at radius 2 is 2.18 bits per heavy atom. The van der Waals surface area contributed by atoms with E-state index >= 15 is 0 Å². The Hall–Kier alpha value is -1.00. The number of rotatable bonds is 6. The fourth-order valence-electron chi connectivity index (χ4n) is 1.87. The molecule has 0 aliphatic heterocycles. The van der Waals surface area contributed by atoms with Gasteiger partial charge in [0, 0.05) is 6.42 Å². The van der Waals surface area contributed by atoms with Gasteiger partial charge in [-0.2, -0.15) is 0 Å². The second kappa shape index (κ2) is 6.07. The second-order valence-electron chi connectivity index (χ2n) is 3.86. The first kappa shape index (κ1) is 12.5. The molecule has 3 nitrogen and oxygen atoms in total. The van der Waals surface area contributed by atoms with Gasteiger partial charge in [0.05, 0.1) is 23.0 Å². The molecule has 2 rings (SSSR count). The zero-order chi connectivity index (χ0) is 12.1. The maximum Gasteiger partial charge on any atom is 0.134 e. The van der Waals surface area contributed by atoms with Crippen molar-refractivity contribution >= 4 is 15.9 Å². The molecular formula is C13H16BrNO2. The van der Waals surface area contributed by atoms with Crippen LogP contribution in [0, 0.1) is 0 Å². The van der Waals surface area contributed by atoms with Gasteiger partial charge in [-0.05, 0) is 47.1 Å². The van der Waals surface area contributed by atoms with Crippen LogP contribution in [0.5, 0.6) is 0 Å². The first-order valence-electron chi connectivity index (χ1n) is 5.80. The molecule has 17 heavy (non-hydrogen) atoms. The molecule has 2 heterocycles. The van der Waals surface area contributed by atoms with Gasteiger partial charge in [-0.3, -0.25) is 0 Å². The highest BCUT2D eigenvalue weighted by Gasteiger charge is 2.17. The van der Waals surface area contributed by atoms with E-state index in [0.29, 0.717) is 0 Å². The van der Waals surface area contributed by atoms with Gasteiger partial charge < -0.3 is 14.2 Å². The minimum Gasteiger partial charge on any atom is -0.469 e. The third-order valence-electron chi connectivity index (χ3n) is 2.67. The third kappa shape index (κ3) is 3.23. The van der Waals surface area contributed by atoms with E-state index in [9.17, 15) is 0 Å². The van der Waals surface area contributed by atoms with Crippen molar-refractivity contribution in [1.82, 2.24) is 5.32 Å². The Labute approximate surface area is 109 Å². The highest BCUT2D eigenvalue weighted by atomic mass is 79.9. The summed E-state index contributed by atoms with van der Waals surface area (Å²) >= 11 is 3.50. The molecule has 0 amide bonds. The lowest BCUT2D eigenvalue weighted by atomic mass is 10.1. The van der Waals surface area contributed by atoms with Gasteiger partial charge in [-0.15, -0.1) is 0 Å². The summed E-state index contributed by atoms with van der Waals surface area (Å²) in [4.78, 5) is 0. The molecular weight excluding hydrogens is 282 g/mol. The van der Waals surface area contributed by atoms with E-state index in [2.05, 4.69) is 28.2 Å². The Bertz CT molecular complexity index is 436. The van der Waals surface area contributed by atoms with Crippen molar-refractivity contribution in [1.29, 1.82) is 0 Å². The topological polar surface area (TPSA) is 38.3 Å². The summed E-state index contributed by atoms with van der Waals surface area (Å²) in [5.41, 5.74) is 0. The lowest BCUT2D eigenvalue weighted by Crippen LogP contribution is -2.21. The standard InChI is InChI=1S/C13H16BrNO2/c1-2-15-12(13-11(14)7-9-17-13)6-5-10-4-3-8-16-10/h3-4,7-9,12,15H,2,5-6H2,1H3. The summed E-state index contributed by atoms with van der Waals surface area (Å²) in [7, 11) is 0. The minimum atomic E-state index is 0.217. The van der Waals surface area contributed by atoms with Gasteiger partial charge >= 0.3 is 0 Å². The van der Waals surface area contributed by atoms with Gasteiger partial charge in [0.15, 0.2) is 0 Å². The molecule has 1 N–H and O–H groups in total. The highest BCUT2D eigenvalue weighted by molar-refractivity contribution is 9.10. The van der Waals surface area contributed by atoms with Crippen molar-refractivity contribution < 1.29 is 8.83 Å². The van der Waals surface area contributed by atoms with Crippen molar-refractivity contribution in [2.24, 2.45) is 0 Å². The Morgan fingerprint density at radius 3 is 2.76 bits per heavy atom. The third-order valence-corrected chi connectivity index (χ3v) is 3.33. The SMILES string of the molecule is CCNC(CCc1ccco1)c1occc1Br. The molecule has 1 atom stereocenters. The van der Waals surface area contributed by atoms with Crippen LogP contribution in [0.2, 0.25) is 0 Å². The van der Waals surface area contributed by atoms with Crippen molar-refractivity contribution in [3.05, 3.63) is 46.7 Å². The summed E-state index contributed by atoms with van der Waals surface area (Å²) < 4.78 is 11.9. The van der Waals surface area contributed by atoms with Gasteiger partial charge in [0.2, 0.25) is 0 Å². The van der Waals surface area contributed by atoms with Crippen molar-refractivity contribution in [3.8, 4) is 0 Å². The predicted molar refractivity (Wildman–Crippen MR) is 69.9 cm³/mol. The molecule has 92 valence electrons. The van der Waals surface area contributed by atoms with E-state index in [0.717, 1.165) is 35.4 Å². The molecule has 0 saturated heterocycles. The van der Waals surface area contributed by atoms with E-state index in [4.69, 9.17) is 8.83 Å². The van der Waals surface area contributed by atoms with Crippen LogP contribution in [0.15, 0.2) is 44.0 Å². The van der Waals surface area contributed by atoms with Crippen LogP contribution < -0.4 is 5.32 Å². The van der Waals surface area contributed by atoms with Crippen molar-refractivity contribution in [2.45, 2.75) is 25.8 Å². The number of hydrogen-bond acceptors (Lipinski definition) is 3. The number of nitrogens with one attached hydrogen (secondary N) is 1. The van der Waals surface area contributed by atoms with Gasteiger partial charge in [-0.1, -0.05) is 6.92 Å². The monoisotopic (exact) mass is 297 g/mol. The maximum absolute atomic E-state index is 5.51. The number of halogens is 1. The van der Waals surface area contributed by atoms with E-state index in [1.54, 1.807) is 12.5 Å². The molecule has 0 fully saturated rings. The van der Waals surface area contributed by atoms with Gasteiger partial charge in [-0.25, -0.2) is 0 Å². The second-order valence-corrected chi connectivity index (χ2v) is 4.72. The normalized spacial score (nSPS) is 12.8. The largest absolute Gasteiger partial charge is 0.469 e. The quantitative estimate of drug-likeness (QED) is 0.878. The number of aryl methyl sites for hydroxylation is 1. The summed E-state index contributed by atoms with van der Waals surface area (Å²) in [6, 6.07) is 6.06. The van der Waals surface area contributed by atoms with Gasteiger partial charge in [0.1, 0.15) is 11.5 Å². The molecule has 0 radical (unpaired) electrons. The fourth-order valence-corrected chi connectivity index (χ4v) is 2.35. The predicted octanol–water partition coefficient (Wildman–Crippen LogP) is 3.92. The van der Waals surface area contributed by atoms with Crippen LogP contribution in [-0.2, 0) is 6.42 Å². The average molecular weight is 298 g/mol. The molecule has 0 aromatic carbocycles. The highest BCUT2D eigenvalue weighted by Crippen LogP contribution is 2.27. The Balaban J connectivity index is 2.00. The van der Waals surface area contributed by atoms with Crippen LogP contribution >= 0.6 is 15.9 Å². The Morgan fingerprint density at radius 1 is 1.29 bits per heavy atom. The van der Waals surface area contributed by atoms with Crippen molar-refractivity contribution in [2.75, 3.05) is 6.54 Å². The summed E-state index contributed by atoms with van der Waals surface area (Å²) in [5.74, 6) is 1.97. The molecule has 2 aromatic rings. The minimum absolute atomic E-state index is 0.217. The van der Waals surface area contributed by atoms with Crippen LogP contribution in [-0.4, -0.2) is 6.54 Å². The van der Waals surface area contributed by atoms with Crippen molar-refractivity contribution in [3.63, 3.8) is 0 Å². The van der Waals surface area contributed by atoms with Crippen LogP contribution in [0.3, 0.4) is 0 Å². The van der Waals surface area contributed by atoms with E-state index < -0.39 is 0 Å². The summed E-state index contributed by atoms with van der Waals surface area (Å²) in [6.07, 6.45) is 5.27. The van der Waals surface area contributed by atoms with Gasteiger partial charge in [0.25, 0.3) is 0 Å². The van der Waals surface area contributed by atoms with Crippen LogP contribution in [0.1, 0.15) is 30.9 Å². The van der Waals surface area contributed by atoms with E-state index in [-0.39, 0.29) is 6.04 Å². The van der Waals surface area contributed by atoms with Crippen LogP contribution in [0.25, 0.3) is 0 Å². The fraction of sp³-hybridized carbons (Fsp3) is 0.385. The molecule has 0 spiro atoms. The maximum atomic E-state index is 5.51. The molecule has 2 aromatic heterocycles. The zero-order valence-corrected chi connectivity index (χ0v) is 11.4. The molecule has 4 heteroatoms. The molecule has 0 saturated carbocycles. The molecule has 0 aliphatic rings. The zero-order valence-electron chi connectivity index (χ0n) is 9.78. The lowest BCUT2D eigenvalue weighted by Gasteiger charge is -2.15. The molecule has 1 unspecified atom stereocenters. The first-order chi connectivity index (χ1) is 8.31. The number of furan rings is 2. The first-order valence-corrected chi connectivity index (χ1v) is 6.59. The number of hydrogen-bond donors (Lipinski definition) is 1. The molecule has 0 aliphatic carbocycles. The average Bonchev–Trinajstić information content (AvgIpc) is 2.95. The van der Waals surface area contributed by atoms with E-state index in [1.807, 2.05) is 18.2 Å². The van der Waals surface area contributed by atoms with Crippen LogP contribution in [0.4, 0.5) is 0 Å². The lowest BCUT2D eigenvalue weighted by molar-refractivity contribution is 0.387. The smallest absolute Gasteiger partial charge is 0.134 e. The molecule has 0 bridgehead atoms. The van der Waals surface area contributed by atoms with E-state index in [1.165, 1.54) is 0 Å². The summed E-state index contributed by atoms with van der Waals surface area (Å²) in [5, 5.41) is 3.42.